The second kappa shape index (κ2) is 3.89. The summed E-state index contributed by atoms with van der Waals surface area (Å²) in [5.74, 6) is -0.135. The average Bonchev–Trinajstić information content (AvgIpc) is 2.92. The number of halogens is 3. The Labute approximate surface area is 106 Å². The molecule has 3 heterocycles. The molecule has 1 unspecified atom stereocenters. The number of hydrogen-bond acceptors (Lipinski definition) is 4. The maximum Gasteiger partial charge on any atom is 0.402 e. The number of hydrogen-bond donors (Lipinski definition) is 1. The van der Waals surface area contributed by atoms with Gasteiger partial charge in [0.05, 0.1) is 5.69 Å². The fourth-order valence-electron chi connectivity index (χ4n) is 2.43. The third-order valence-corrected chi connectivity index (χ3v) is 3.52. The predicted molar refractivity (Wildman–Crippen MR) is 60.7 cm³/mol. The first-order valence-electron chi connectivity index (χ1n) is 5.91. The Kier molecular flexibility index (Phi) is 2.53. The van der Waals surface area contributed by atoms with E-state index in [9.17, 15) is 13.2 Å². The molecule has 3 rings (SSSR count). The monoisotopic (exact) mass is 271 g/mol. The lowest BCUT2D eigenvalue weighted by Crippen LogP contribution is -2.46. The lowest BCUT2D eigenvalue weighted by atomic mass is 9.85. The van der Waals surface area contributed by atoms with Crippen LogP contribution in [0, 0.1) is 6.92 Å². The van der Waals surface area contributed by atoms with Gasteiger partial charge in [0, 0.05) is 6.54 Å². The lowest BCUT2D eigenvalue weighted by molar-refractivity contribution is -0.187. The summed E-state index contributed by atoms with van der Waals surface area (Å²) in [7, 11) is 0. The SMILES string of the molecule is Cc1ccc2nnc(C3(C(F)(F)F)CCNC3)n2n1. The molecule has 1 fully saturated rings. The van der Waals surface area contributed by atoms with E-state index in [0.29, 0.717) is 17.9 Å². The molecule has 1 N–H and O–H groups in total. The van der Waals surface area contributed by atoms with Crippen LogP contribution in [0.4, 0.5) is 13.2 Å². The van der Waals surface area contributed by atoms with Crippen molar-refractivity contribution in [2.75, 3.05) is 13.1 Å². The number of aryl methyl sites for hydroxylation is 1. The van der Waals surface area contributed by atoms with E-state index in [4.69, 9.17) is 0 Å². The van der Waals surface area contributed by atoms with E-state index >= 15 is 0 Å². The molecule has 0 amide bonds. The molecule has 19 heavy (non-hydrogen) atoms. The van der Waals surface area contributed by atoms with E-state index < -0.39 is 11.6 Å². The zero-order chi connectivity index (χ0) is 13.7. The van der Waals surface area contributed by atoms with Crippen LogP contribution in [0.5, 0.6) is 0 Å². The summed E-state index contributed by atoms with van der Waals surface area (Å²) in [4.78, 5) is 0. The van der Waals surface area contributed by atoms with E-state index in [2.05, 4.69) is 20.6 Å². The van der Waals surface area contributed by atoms with E-state index in [1.807, 2.05) is 0 Å². The summed E-state index contributed by atoms with van der Waals surface area (Å²) in [6.07, 6.45) is -4.43. The van der Waals surface area contributed by atoms with Gasteiger partial charge in [-0.05, 0) is 32.0 Å². The number of alkyl halides is 3. The number of rotatable bonds is 1. The molecule has 1 aliphatic rings. The molecule has 8 heteroatoms. The van der Waals surface area contributed by atoms with Crippen molar-refractivity contribution in [3.63, 3.8) is 0 Å². The zero-order valence-electron chi connectivity index (χ0n) is 10.2. The lowest BCUT2D eigenvalue weighted by Gasteiger charge is -2.28. The third-order valence-electron chi connectivity index (χ3n) is 3.52. The van der Waals surface area contributed by atoms with Gasteiger partial charge in [0.1, 0.15) is 5.41 Å². The number of nitrogens with zero attached hydrogens (tertiary/aromatic N) is 4. The van der Waals surface area contributed by atoms with Gasteiger partial charge in [-0.1, -0.05) is 0 Å². The van der Waals surface area contributed by atoms with Crippen LogP contribution in [0.2, 0.25) is 0 Å². The first-order valence-corrected chi connectivity index (χ1v) is 5.91. The van der Waals surface area contributed by atoms with Crippen LogP contribution in [-0.4, -0.2) is 39.1 Å². The fraction of sp³-hybridized carbons (Fsp3) is 0.545. The van der Waals surface area contributed by atoms with Gasteiger partial charge in [-0.25, -0.2) is 0 Å². The highest BCUT2D eigenvalue weighted by Gasteiger charge is 2.60. The molecule has 0 bridgehead atoms. The minimum Gasteiger partial charge on any atom is -0.315 e. The van der Waals surface area contributed by atoms with Crippen LogP contribution < -0.4 is 5.32 Å². The Bertz CT molecular complexity index is 612. The number of aromatic nitrogens is 4. The smallest absolute Gasteiger partial charge is 0.315 e. The Morgan fingerprint density at radius 3 is 2.74 bits per heavy atom. The van der Waals surface area contributed by atoms with Crippen molar-refractivity contribution in [2.45, 2.75) is 24.9 Å². The van der Waals surface area contributed by atoms with E-state index in [-0.39, 0.29) is 18.8 Å². The molecule has 2 aromatic rings. The minimum atomic E-state index is -4.38. The van der Waals surface area contributed by atoms with Crippen molar-refractivity contribution in [3.05, 3.63) is 23.7 Å². The van der Waals surface area contributed by atoms with E-state index in [0.717, 1.165) is 0 Å². The van der Waals surface area contributed by atoms with Gasteiger partial charge in [0.15, 0.2) is 11.5 Å². The summed E-state index contributed by atoms with van der Waals surface area (Å²) >= 11 is 0. The first kappa shape index (κ1) is 12.3. The van der Waals surface area contributed by atoms with E-state index in [1.54, 1.807) is 19.1 Å². The van der Waals surface area contributed by atoms with Gasteiger partial charge in [-0.2, -0.15) is 22.8 Å². The normalized spacial score (nSPS) is 24.2. The molecule has 1 atom stereocenters. The van der Waals surface area contributed by atoms with Gasteiger partial charge < -0.3 is 5.32 Å². The molecule has 0 radical (unpaired) electrons. The summed E-state index contributed by atoms with van der Waals surface area (Å²) < 4.78 is 41.6. The Morgan fingerprint density at radius 2 is 2.11 bits per heavy atom. The molecular weight excluding hydrogens is 259 g/mol. The summed E-state index contributed by atoms with van der Waals surface area (Å²) in [6, 6.07) is 3.31. The van der Waals surface area contributed by atoms with Crippen LogP contribution >= 0.6 is 0 Å². The van der Waals surface area contributed by atoms with Gasteiger partial charge in [0.25, 0.3) is 0 Å². The second-order valence-corrected chi connectivity index (χ2v) is 4.77. The average molecular weight is 271 g/mol. The maximum absolute atomic E-state index is 13.5. The summed E-state index contributed by atoms with van der Waals surface area (Å²) in [6.45, 7) is 1.84. The van der Waals surface area contributed by atoms with E-state index in [1.165, 1.54) is 4.52 Å². The first-order chi connectivity index (χ1) is 8.94. The molecule has 1 saturated heterocycles. The molecule has 1 aliphatic heterocycles. The molecule has 102 valence electrons. The Morgan fingerprint density at radius 1 is 1.32 bits per heavy atom. The van der Waals surface area contributed by atoms with Crippen LogP contribution in [-0.2, 0) is 5.41 Å². The van der Waals surface area contributed by atoms with Gasteiger partial charge in [0.2, 0.25) is 0 Å². The standard InChI is InChI=1S/C11H12F3N5/c1-7-2-3-8-16-17-9(19(8)18-7)10(11(12,13)14)4-5-15-6-10/h2-3,15H,4-6H2,1H3. The minimum absolute atomic E-state index is 0.0487. The van der Waals surface area contributed by atoms with Crippen LogP contribution in [0.3, 0.4) is 0 Å². The largest absolute Gasteiger partial charge is 0.402 e. The molecular formula is C11H12F3N5. The topological polar surface area (TPSA) is 55.1 Å². The summed E-state index contributed by atoms with van der Waals surface area (Å²) in [5.41, 5.74) is -1.05. The molecule has 0 spiro atoms. The van der Waals surface area contributed by atoms with Crippen molar-refractivity contribution in [3.8, 4) is 0 Å². The third kappa shape index (κ3) is 1.70. The molecule has 0 aromatic carbocycles. The Balaban J connectivity index is 2.24. The Hall–Kier alpha value is -1.70. The number of fused-ring (bicyclic) bond motifs is 1. The molecule has 2 aromatic heterocycles. The number of nitrogens with one attached hydrogen (secondary N) is 1. The van der Waals surface area contributed by atoms with Crippen molar-refractivity contribution in [1.29, 1.82) is 0 Å². The van der Waals surface area contributed by atoms with Crippen molar-refractivity contribution < 1.29 is 13.2 Å². The van der Waals surface area contributed by atoms with Gasteiger partial charge in [-0.15, -0.1) is 10.2 Å². The predicted octanol–water partition coefficient (Wildman–Crippen LogP) is 1.23. The van der Waals surface area contributed by atoms with Crippen LogP contribution in [0.15, 0.2) is 12.1 Å². The highest BCUT2D eigenvalue weighted by atomic mass is 19.4. The van der Waals surface area contributed by atoms with Gasteiger partial charge >= 0.3 is 6.18 Å². The van der Waals surface area contributed by atoms with Crippen LogP contribution in [0.1, 0.15) is 17.9 Å². The molecule has 5 nitrogen and oxygen atoms in total. The quantitative estimate of drug-likeness (QED) is 0.847. The van der Waals surface area contributed by atoms with Crippen molar-refractivity contribution in [2.24, 2.45) is 0 Å². The zero-order valence-corrected chi connectivity index (χ0v) is 10.2. The van der Waals surface area contributed by atoms with Crippen LogP contribution in [0.25, 0.3) is 5.65 Å². The fourth-order valence-corrected chi connectivity index (χ4v) is 2.43. The molecule has 0 saturated carbocycles. The highest BCUT2D eigenvalue weighted by Crippen LogP contribution is 2.44. The molecule has 0 aliphatic carbocycles. The van der Waals surface area contributed by atoms with Crippen molar-refractivity contribution in [1.82, 2.24) is 25.1 Å². The van der Waals surface area contributed by atoms with Crippen molar-refractivity contribution >= 4 is 5.65 Å². The second-order valence-electron chi connectivity index (χ2n) is 4.77. The summed E-state index contributed by atoms with van der Waals surface area (Å²) in [5, 5.41) is 14.4. The highest BCUT2D eigenvalue weighted by molar-refractivity contribution is 5.38. The van der Waals surface area contributed by atoms with Gasteiger partial charge in [-0.3, -0.25) is 0 Å². The maximum atomic E-state index is 13.5.